The molecule has 13 heteroatoms. The van der Waals surface area contributed by atoms with Crippen LogP contribution in [0.15, 0.2) is 109 Å². The maximum absolute atomic E-state index is 15.0. The fraction of sp³-hybridized carbons (Fsp3) is 0.257. The van der Waals surface area contributed by atoms with Gasteiger partial charge < -0.3 is 14.8 Å². The molecule has 0 aliphatic heterocycles. The summed E-state index contributed by atoms with van der Waals surface area (Å²) in [6, 6.07) is 12.5. The number of benzene rings is 3. The van der Waals surface area contributed by atoms with Gasteiger partial charge in [0.15, 0.2) is 5.60 Å². The molecule has 3 aromatic carbocycles. The molecule has 48 heavy (non-hydrogen) atoms. The summed E-state index contributed by atoms with van der Waals surface area (Å²) in [7, 11) is 0. The molecule has 3 rings (SSSR count). The number of alkyl halides is 6. The fourth-order valence-electron chi connectivity index (χ4n) is 4.80. The molecule has 256 valence electrons. The molecule has 0 spiro atoms. The van der Waals surface area contributed by atoms with Crippen molar-refractivity contribution in [2.75, 3.05) is 6.61 Å². The normalized spacial score (nSPS) is 14.1. The Morgan fingerprint density at radius 2 is 1.48 bits per heavy atom. The zero-order chi connectivity index (χ0) is 35.9. The van der Waals surface area contributed by atoms with Crippen LogP contribution in [0.5, 0.6) is 0 Å². The molecule has 0 unspecified atom stereocenters. The third kappa shape index (κ3) is 9.11. The van der Waals surface area contributed by atoms with Crippen molar-refractivity contribution >= 4 is 11.9 Å². The third-order valence-electron chi connectivity index (χ3n) is 7.07. The molecule has 1 N–H and O–H groups in total. The largest absolute Gasteiger partial charge is 0.474 e. The van der Waals surface area contributed by atoms with Gasteiger partial charge in [-0.25, -0.2) is 13.6 Å². The molecular weight excluding hydrogens is 650 g/mol. The summed E-state index contributed by atoms with van der Waals surface area (Å²) in [5.41, 5.74) is -7.71. The van der Waals surface area contributed by atoms with Crippen molar-refractivity contribution in [2.24, 2.45) is 0 Å². The quantitative estimate of drug-likeness (QED) is 0.0897. The van der Waals surface area contributed by atoms with Crippen molar-refractivity contribution in [1.82, 2.24) is 5.32 Å². The van der Waals surface area contributed by atoms with Gasteiger partial charge in [0.1, 0.15) is 17.9 Å². The predicted octanol–water partition coefficient (Wildman–Crippen LogP) is 9.01. The van der Waals surface area contributed by atoms with Crippen LogP contribution in [0.3, 0.4) is 0 Å². The van der Waals surface area contributed by atoms with Crippen LogP contribution >= 0.6 is 0 Å². The molecule has 0 aliphatic carbocycles. The van der Waals surface area contributed by atoms with E-state index >= 15 is 4.39 Å². The second kappa shape index (κ2) is 14.9. The minimum atomic E-state index is -5.07. The van der Waals surface area contributed by atoms with E-state index in [1.807, 2.05) is 0 Å². The first kappa shape index (κ1) is 37.5. The van der Waals surface area contributed by atoms with Crippen molar-refractivity contribution in [3.63, 3.8) is 0 Å². The van der Waals surface area contributed by atoms with Crippen molar-refractivity contribution in [1.29, 1.82) is 0 Å². The number of hydrogen-bond acceptors (Lipinski definition) is 4. The molecule has 1 amide bonds. The van der Waals surface area contributed by atoms with E-state index in [-0.39, 0.29) is 24.6 Å². The first-order valence-electron chi connectivity index (χ1n) is 14.3. The summed E-state index contributed by atoms with van der Waals surface area (Å²) in [5.74, 6) is -4.15. The van der Waals surface area contributed by atoms with Crippen molar-refractivity contribution in [2.45, 2.75) is 50.7 Å². The summed E-state index contributed by atoms with van der Waals surface area (Å²) in [6.07, 6.45) is -8.50. The number of carbonyl (C=O) groups is 2. The molecule has 0 saturated carbocycles. The Morgan fingerprint density at radius 1 is 0.854 bits per heavy atom. The molecule has 3 aromatic rings. The zero-order valence-electron chi connectivity index (χ0n) is 25.9. The number of carbonyl (C=O) groups excluding carboxylic acids is 2. The van der Waals surface area contributed by atoms with Crippen molar-refractivity contribution in [3.05, 3.63) is 143 Å². The van der Waals surface area contributed by atoms with E-state index in [4.69, 9.17) is 9.47 Å². The van der Waals surface area contributed by atoms with Gasteiger partial charge in [0.2, 0.25) is 0 Å². The minimum absolute atomic E-state index is 0.0447. The van der Waals surface area contributed by atoms with E-state index in [1.54, 1.807) is 18.2 Å². The SMILES string of the molecule is C=C/C(=C\C(=C\F)OC(C)(C)C(=O)OCC)[C@@](Cc1ccccc1)(NC(=O)c1cccc(C(F)(F)F)c1)c1cc(F)cc(C(F)(F)F)c1. The van der Waals surface area contributed by atoms with E-state index in [1.165, 1.54) is 32.9 Å². The van der Waals surface area contributed by atoms with Gasteiger partial charge >= 0.3 is 18.3 Å². The van der Waals surface area contributed by atoms with Crippen LogP contribution in [-0.2, 0) is 38.6 Å². The Labute approximate surface area is 271 Å². The number of hydrogen-bond donors (Lipinski definition) is 1. The van der Waals surface area contributed by atoms with Gasteiger partial charge in [0, 0.05) is 12.0 Å². The van der Waals surface area contributed by atoms with Crippen LogP contribution in [0.25, 0.3) is 0 Å². The number of nitrogens with one attached hydrogen (secondary N) is 1. The molecule has 0 heterocycles. The van der Waals surface area contributed by atoms with Crippen LogP contribution < -0.4 is 5.32 Å². The Hall–Kier alpha value is -4.94. The second-order valence-corrected chi connectivity index (χ2v) is 11.0. The van der Waals surface area contributed by atoms with Crippen LogP contribution in [-0.4, -0.2) is 24.1 Å². The van der Waals surface area contributed by atoms with Crippen LogP contribution in [0, 0.1) is 5.82 Å². The predicted molar refractivity (Wildman–Crippen MR) is 161 cm³/mol. The third-order valence-corrected chi connectivity index (χ3v) is 7.07. The van der Waals surface area contributed by atoms with Crippen LogP contribution in [0.1, 0.15) is 53.4 Å². The number of allylic oxidation sites excluding steroid dienone is 1. The fourth-order valence-corrected chi connectivity index (χ4v) is 4.80. The average Bonchev–Trinajstić information content (AvgIpc) is 3.02. The molecule has 5 nitrogen and oxygen atoms in total. The topological polar surface area (TPSA) is 64.6 Å². The van der Waals surface area contributed by atoms with E-state index < -0.39 is 75.6 Å². The highest BCUT2D eigenvalue weighted by atomic mass is 19.4. The lowest BCUT2D eigenvalue weighted by Gasteiger charge is -2.38. The average molecular weight is 682 g/mol. The van der Waals surface area contributed by atoms with Gasteiger partial charge in [-0.05, 0) is 79.9 Å². The van der Waals surface area contributed by atoms with E-state index in [9.17, 15) is 40.3 Å². The van der Waals surface area contributed by atoms with Crippen molar-refractivity contribution < 1.29 is 54.2 Å². The smallest absolute Gasteiger partial charge is 0.416 e. The number of esters is 1. The van der Waals surface area contributed by atoms with Gasteiger partial charge in [-0.15, -0.1) is 0 Å². The Kier molecular flexibility index (Phi) is 11.6. The van der Waals surface area contributed by atoms with Gasteiger partial charge in [0.05, 0.1) is 23.3 Å². The number of rotatable bonds is 12. The molecular formula is C35H31F8NO4. The standard InChI is InChI=1S/C35H31F8NO4/c1-5-24(19-29(21-36)48-32(3,4)31(46)47-6-2)33(20-22-11-8-7-9-12-22,26-16-27(35(41,42)43)18-28(37)17-26)44-30(45)23-13-10-14-25(15-23)34(38,39)40/h5,7-19,21H,1,6,20H2,2-4H3,(H,44,45)/b24-19+,29-21-/t33-/m1/s1. The lowest BCUT2D eigenvalue weighted by molar-refractivity contribution is -0.163. The highest BCUT2D eigenvalue weighted by Gasteiger charge is 2.42. The summed E-state index contributed by atoms with van der Waals surface area (Å²) in [4.78, 5) is 26.3. The van der Waals surface area contributed by atoms with E-state index in [2.05, 4.69) is 11.9 Å². The minimum Gasteiger partial charge on any atom is -0.474 e. The van der Waals surface area contributed by atoms with Gasteiger partial charge in [-0.3, -0.25) is 4.79 Å². The number of halogens is 8. The molecule has 1 atom stereocenters. The number of ether oxygens (including phenoxy) is 2. The highest BCUT2D eigenvalue weighted by molar-refractivity contribution is 5.95. The maximum Gasteiger partial charge on any atom is 0.416 e. The van der Waals surface area contributed by atoms with Gasteiger partial charge in [0.25, 0.3) is 5.91 Å². The van der Waals surface area contributed by atoms with E-state index in [0.717, 1.165) is 24.3 Å². The van der Waals surface area contributed by atoms with Crippen LogP contribution in [0.4, 0.5) is 35.1 Å². The molecule has 0 radical (unpaired) electrons. The second-order valence-electron chi connectivity index (χ2n) is 11.0. The Morgan fingerprint density at radius 3 is 2.04 bits per heavy atom. The lowest BCUT2D eigenvalue weighted by atomic mass is 9.76. The number of amides is 1. The molecule has 0 bridgehead atoms. The van der Waals surface area contributed by atoms with Crippen molar-refractivity contribution in [3.8, 4) is 0 Å². The van der Waals surface area contributed by atoms with Gasteiger partial charge in [-0.1, -0.05) is 49.1 Å². The first-order valence-corrected chi connectivity index (χ1v) is 14.3. The van der Waals surface area contributed by atoms with Gasteiger partial charge in [-0.2, -0.15) is 26.3 Å². The molecule has 0 aliphatic rings. The molecule has 0 saturated heterocycles. The van der Waals surface area contributed by atoms with E-state index in [0.29, 0.717) is 29.8 Å². The first-order chi connectivity index (χ1) is 22.4. The molecule has 0 fully saturated rings. The summed E-state index contributed by atoms with van der Waals surface area (Å²) < 4.78 is 123. The Balaban J connectivity index is 2.39. The zero-order valence-corrected chi connectivity index (χ0v) is 25.9. The Bertz CT molecular complexity index is 1690. The lowest BCUT2D eigenvalue weighted by Crippen LogP contribution is -2.49. The van der Waals surface area contributed by atoms with Crippen LogP contribution in [0.2, 0.25) is 0 Å². The summed E-state index contributed by atoms with van der Waals surface area (Å²) in [5, 5.41) is 2.51. The monoisotopic (exact) mass is 681 g/mol. The summed E-state index contributed by atoms with van der Waals surface area (Å²) in [6.45, 7) is 7.67. The summed E-state index contributed by atoms with van der Waals surface area (Å²) >= 11 is 0. The highest BCUT2D eigenvalue weighted by Crippen LogP contribution is 2.40. The maximum atomic E-state index is 15.0. The molecule has 0 aromatic heterocycles.